The summed E-state index contributed by atoms with van der Waals surface area (Å²) in [4.78, 5) is 18.8. The number of benzene rings is 1. The van der Waals surface area contributed by atoms with Gasteiger partial charge in [-0.3, -0.25) is 9.36 Å². The summed E-state index contributed by atoms with van der Waals surface area (Å²) in [5.74, 6) is 1.56. The Morgan fingerprint density at radius 3 is 2.79 bits per heavy atom. The van der Waals surface area contributed by atoms with Gasteiger partial charge in [0.05, 0.1) is 18.3 Å². The van der Waals surface area contributed by atoms with E-state index in [0.29, 0.717) is 12.4 Å². The standard InChI is InChI=1S/C21H21N7O/c1-15-17-6-2-3-7-18(17)21(24-23-15)27-11-4-5-16(27)13-28-20(29)9-8-19(25-28)26-12-10-22-14-26/h2-3,6-10,12,14,16H,4-5,11,13H2,1H3. The predicted molar refractivity (Wildman–Crippen MR) is 110 cm³/mol. The minimum absolute atomic E-state index is 0.111. The zero-order valence-electron chi connectivity index (χ0n) is 16.1. The first-order valence-electron chi connectivity index (χ1n) is 9.76. The summed E-state index contributed by atoms with van der Waals surface area (Å²) in [6.07, 6.45) is 7.20. The van der Waals surface area contributed by atoms with E-state index in [-0.39, 0.29) is 11.6 Å². The Hall–Kier alpha value is -3.55. The van der Waals surface area contributed by atoms with Gasteiger partial charge in [0.15, 0.2) is 11.6 Å². The van der Waals surface area contributed by atoms with E-state index >= 15 is 0 Å². The maximum atomic E-state index is 12.5. The lowest BCUT2D eigenvalue weighted by Gasteiger charge is -2.26. The Bertz CT molecular complexity index is 1220. The van der Waals surface area contributed by atoms with Crippen molar-refractivity contribution in [1.82, 2.24) is 29.5 Å². The highest BCUT2D eigenvalue weighted by atomic mass is 16.1. The zero-order valence-corrected chi connectivity index (χ0v) is 16.1. The van der Waals surface area contributed by atoms with Crippen LogP contribution in [0.2, 0.25) is 0 Å². The molecule has 1 atom stereocenters. The molecule has 8 heteroatoms. The van der Waals surface area contributed by atoms with E-state index in [1.165, 1.54) is 0 Å². The molecule has 3 aromatic heterocycles. The number of aryl methyl sites for hydroxylation is 1. The van der Waals surface area contributed by atoms with Gasteiger partial charge in [-0.1, -0.05) is 24.3 Å². The molecule has 1 aliphatic rings. The van der Waals surface area contributed by atoms with Gasteiger partial charge in [-0.25, -0.2) is 9.67 Å². The molecule has 1 aromatic carbocycles. The van der Waals surface area contributed by atoms with Crippen LogP contribution in [0.25, 0.3) is 16.6 Å². The largest absolute Gasteiger partial charge is 0.350 e. The Kier molecular flexibility index (Phi) is 4.31. The fourth-order valence-electron chi connectivity index (χ4n) is 4.04. The van der Waals surface area contributed by atoms with Crippen LogP contribution in [-0.4, -0.2) is 42.1 Å². The lowest BCUT2D eigenvalue weighted by atomic mass is 10.1. The van der Waals surface area contributed by atoms with Gasteiger partial charge in [0.2, 0.25) is 0 Å². The van der Waals surface area contributed by atoms with Crippen LogP contribution in [0.15, 0.2) is 59.9 Å². The lowest BCUT2D eigenvalue weighted by molar-refractivity contribution is 0.484. The highest BCUT2D eigenvalue weighted by Crippen LogP contribution is 2.31. The quantitative estimate of drug-likeness (QED) is 0.535. The van der Waals surface area contributed by atoms with Crippen molar-refractivity contribution < 1.29 is 0 Å². The summed E-state index contributed by atoms with van der Waals surface area (Å²) in [6.45, 7) is 3.37. The summed E-state index contributed by atoms with van der Waals surface area (Å²) in [7, 11) is 0. The van der Waals surface area contributed by atoms with Crippen LogP contribution >= 0.6 is 0 Å². The number of nitrogens with zero attached hydrogens (tertiary/aromatic N) is 7. The van der Waals surface area contributed by atoms with Gasteiger partial charge in [0.1, 0.15) is 6.33 Å². The number of aromatic nitrogens is 6. The smallest absolute Gasteiger partial charge is 0.266 e. The zero-order chi connectivity index (χ0) is 19.8. The molecule has 5 rings (SSSR count). The van der Waals surface area contributed by atoms with E-state index in [4.69, 9.17) is 0 Å². The molecule has 4 aromatic rings. The van der Waals surface area contributed by atoms with Crippen LogP contribution < -0.4 is 10.5 Å². The van der Waals surface area contributed by atoms with Gasteiger partial charge in [-0.05, 0) is 25.8 Å². The predicted octanol–water partition coefficient (Wildman–Crippen LogP) is 2.35. The highest BCUT2D eigenvalue weighted by molar-refractivity contribution is 5.93. The van der Waals surface area contributed by atoms with Crippen molar-refractivity contribution in [2.24, 2.45) is 0 Å². The van der Waals surface area contributed by atoms with Crippen LogP contribution in [0.3, 0.4) is 0 Å². The fraction of sp³-hybridized carbons (Fsp3) is 0.286. The maximum Gasteiger partial charge on any atom is 0.266 e. The molecule has 0 bridgehead atoms. The average molecular weight is 387 g/mol. The summed E-state index contributed by atoms with van der Waals surface area (Å²) < 4.78 is 3.34. The molecule has 8 nitrogen and oxygen atoms in total. The van der Waals surface area contributed by atoms with Gasteiger partial charge >= 0.3 is 0 Å². The molecule has 0 saturated carbocycles. The summed E-state index contributed by atoms with van der Waals surface area (Å²) >= 11 is 0. The number of imidazole rings is 1. The topological polar surface area (TPSA) is 81.7 Å². The molecule has 1 fully saturated rings. The monoisotopic (exact) mass is 387 g/mol. The Morgan fingerprint density at radius 1 is 1.10 bits per heavy atom. The van der Waals surface area contributed by atoms with E-state index in [1.54, 1.807) is 33.9 Å². The molecule has 1 saturated heterocycles. The minimum Gasteiger partial charge on any atom is -0.350 e. The molecule has 29 heavy (non-hydrogen) atoms. The molecule has 146 valence electrons. The van der Waals surface area contributed by atoms with Crippen molar-refractivity contribution in [2.75, 3.05) is 11.4 Å². The second kappa shape index (κ2) is 7.12. The van der Waals surface area contributed by atoms with E-state index in [9.17, 15) is 4.79 Å². The van der Waals surface area contributed by atoms with Crippen LogP contribution in [-0.2, 0) is 6.54 Å². The highest BCUT2D eigenvalue weighted by Gasteiger charge is 2.28. The third kappa shape index (κ3) is 3.16. The summed E-state index contributed by atoms with van der Waals surface area (Å²) in [5, 5.41) is 15.6. The fourth-order valence-corrected chi connectivity index (χ4v) is 4.04. The summed E-state index contributed by atoms with van der Waals surface area (Å²) in [5.41, 5.74) is 0.812. The Labute approximate surface area is 167 Å². The van der Waals surface area contributed by atoms with Crippen molar-refractivity contribution in [1.29, 1.82) is 0 Å². The third-order valence-electron chi connectivity index (χ3n) is 5.51. The SMILES string of the molecule is Cc1nnc(N2CCCC2Cn2nc(-n3ccnc3)ccc2=O)c2ccccc12. The number of rotatable bonds is 4. The van der Waals surface area contributed by atoms with Crippen LogP contribution in [0.1, 0.15) is 18.5 Å². The van der Waals surface area contributed by atoms with Crippen molar-refractivity contribution in [2.45, 2.75) is 32.4 Å². The first kappa shape index (κ1) is 17.5. The number of hydrogen-bond donors (Lipinski definition) is 0. The lowest BCUT2D eigenvalue weighted by Crippen LogP contribution is -2.38. The molecule has 0 amide bonds. The van der Waals surface area contributed by atoms with Gasteiger partial charge < -0.3 is 4.90 Å². The van der Waals surface area contributed by atoms with Crippen LogP contribution in [0.5, 0.6) is 0 Å². The second-order valence-corrected chi connectivity index (χ2v) is 7.33. The molecule has 1 unspecified atom stereocenters. The molecule has 0 spiro atoms. The van der Waals surface area contributed by atoms with E-state index < -0.39 is 0 Å². The maximum absolute atomic E-state index is 12.5. The van der Waals surface area contributed by atoms with Crippen molar-refractivity contribution in [3.05, 3.63) is 71.2 Å². The Morgan fingerprint density at radius 2 is 1.97 bits per heavy atom. The number of anilines is 1. The van der Waals surface area contributed by atoms with Crippen LogP contribution in [0.4, 0.5) is 5.82 Å². The van der Waals surface area contributed by atoms with E-state index in [1.807, 2.05) is 25.3 Å². The van der Waals surface area contributed by atoms with Gasteiger partial charge in [0.25, 0.3) is 5.56 Å². The van der Waals surface area contributed by atoms with Crippen molar-refractivity contribution in [3.63, 3.8) is 0 Å². The normalized spacial score (nSPS) is 16.6. The van der Waals surface area contributed by atoms with Crippen molar-refractivity contribution in [3.8, 4) is 5.82 Å². The number of fused-ring (bicyclic) bond motifs is 1. The molecule has 0 aliphatic carbocycles. The molecule has 1 aliphatic heterocycles. The molecule has 0 N–H and O–H groups in total. The number of hydrogen-bond acceptors (Lipinski definition) is 6. The molecular weight excluding hydrogens is 366 g/mol. The molecule has 4 heterocycles. The van der Waals surface area contributed by atoms with E-state index in [2.05, 4.69) is 37.3 Å². The third-order valence-corrected chi connectivity index (χ3v) is 5.51. The minimum atomic E-state index is -0.111. The van der Waals surface area contributed by atoms with Crippen LogP contribution in [0, 0.1) is 6.92 Å². The molecular formula is C21H21N7O. The van der Waals surface area contributed by atoms with Gasteiger partial charge in [0, 0.05) is 35.8 Å². The van der Waals surface area contributed by atoms with Gasteiger partial charge in [-0.2, -0.15) is 10.2 Å². The van der Waals surface area contributed by atoms with Gasteiger partial charge in [-0.15, -0.1) is 5.10 Å². The first-order chi connectivity index (χ1) is 14.2. The summed E-state index contributed by atoms with van der Waals surface area (Å²) in [6, 6.07) is 11.6. The second-order valence-electron chi connectivity index (χ2n) is 7.33. The average Bonchev–Trinajstić information content (AvgIpc) is 3.43. The molecule has 0 radical (unpaired) electrons. The van der Waals surface area contributed by atoms with Crippen molar-refractivity contribution >= 4 is 16.6 Å². The van der Waals surface area contributed by atoms with E-state index in [0.717, 1.165) is 41.7 Å². The Balaban J connectivity index is 1.50. The first-order valence-corrected chi connectivity index (χ1v) is 9.76.